The number of hydrogen-bond acceptors (Lipinski definition) is 1. The normalized spacial score (nSPS) is 26.8. The van der Waals surface area contributed by atoms with Gasteiger partial charge in [-0.15, -0.1) is 0 Å². The lowest BCUT2D eigenvalue weighted by molar-refractivity contribution is 0.155. The van der Waals surface area contributed by atoms with E-state index >= 15 is 0 Å². The van der Waals surface area contributed by atoms with E-state index in [1.807, 2.05) is 18.2 Å². The molecule has 0 aliphatic heterocycles. The van der Waals surface area contributed by atoms with Crippen LogP contribution in [0.2, 0.25) is 0 Å². The number of methoxy groups -OCH3 is 1. The molecule has 31 heavy (non-hydrogen) atoms. The zero-order valence-corrected chi connectivity index (χ0v) is 19.3. The zero-order chi connectivity index (χ0) is 21.8. The number of ether oxygens (including phenoxy) is 1. The SMILES string of the molecule is CCCCCC1CCC(C2CCC(c3cc4ccc(OC)cc4c(F)c3F)CC2)CC1. The Kier molecular flexibility index (Phi) is 7.51. The fourth-order valence-electron chi connectivity index (χ4n) is 6.28. The molecular formula is C28H38F2O. The predicted molar refractivity (Wildman–Crippen MR) is 125 cm³/mol. The molecule has 0 bridgehead atoms. The smallest absolute Gasteiger partial charge is 0.167 e. The third-order valence-corrected chi connectivity index (χ3v) is 8.24. The van der Waals surface area contributed by atoms with Crippen molar-refractivity contribution in [2.24, 2.45) is 17.8 Å². The van der Waals surface area contributed by atoms with Crippen molar-refractivity contribution in [3.8, 4) is 5.75 Å². The first-order chi connectivity index (χ1) is 15.1. The highest BCUT2D eigenvalue weighted by Crippen LogP contribution is 2.45. The summed E-state index contributed by atoms with van der Waals surface area (Å²) < 4.78 is 34.9. The second-order valence-electron chi connectivity index (χ2n) is 10.1. The number of unbranched alkanes of at least 4 members (excludes halogenated alkanes) is 2. The van der Waals surface area contributed by atoms with Crippen molar-refractivity contribution in [3.63, 3.8) is 0 Å². The molecule has 170 valence electrons. The van der Waals surface area contributed by atoms with Gasteiger partial charge in [-0.2, -0.15) is 0 Å². The molecule has 0 unspecified atom stereocenters. The van der Waals surface area contributed by atoms with Crippen molar-refractivity contribution in [1.29, 1.82) is 0 Å². The van der Waals surface area contributed by atoms with Gasteiger partial charge in [0, 0.05) is 5.39 Å². The lowest BCUT2D eigenvalue weighted by atomic mass is 9.68. The third-order valence-electron chi connectivity index (χ3n) is 8.24. The van der Waals surface area contributed by atoms with Crippen LogP contribution in [0.15, 0.2) is 24.3 Å². The average Bonchev–Trinajstić information content (AvgIpc) is 2.82. The molecule has 0 amide bonds. The van der Waals surface area contributed by atoms with Crippen LogP contribution >= 0.6 is 0 Å². The molecule has 4 rings (SSSR count). The molecule has 2 saturated carbocycles. The van der Waals surface area contributed by atoms with Crippen LogP contribution in [-0.2, 0) is 0 Å². The zero-order valence-electron chi connectivity index (χ0n) is 19.3. The highest BCUT2D eigenvalue weighted by atomic mass is 19.2. The van der Waals surface area contributed by atoms with Gasteiger partial charge in [0.2, 0.25) is 0 Å². The molecule has 2 fully saturated rings. The topological polar surface area (TPSA) is 9.23 Å². The standard InChI is InChI=1S/C28H38F2O/c1-3-4-5-6-19-7-9-20(10-8-19)21-11-13-22(14-12-21)25-17-23-15-16-24(31-2)18-26(23)28(30)27(25)29/h15-22H,3-14H2,1-2H3. The Morgan fingerprint density at radius 3 is 2.16 bits per heavy atom. The van der Waals surface area contributed by atoms with E-state index in [1.165, 1.54) is 51.4 Å². The molecule has 0 atom stereocenters. The summed E-state index contributed by atoms with van der Waals surface area (Å²) in [6, 6.07) is 7.12. The van der Waals surface area contributed by atoms with Gasteiger partial charge in [-0.25, -0.2) is 8.78 Å². The minimum absolute atomic E-state index is 0.141. The molecule has 2 aliphatic rings. The molecule has 1 nitrogen and oxygen atoms in total. The van der Waals surface area contributed by atoms with Gasteiger partial charge in [0.05, 0.1) is 7.11 Å². The summed E-state index contributed by atoms with van der Waals surface area (Å²) in [5, 5.41) is 1.07. The van der Waals surface area contributed by atoms with Crippen LogP contribution in [0.3, 0.4) is 0 Å². The van der Waals surface area contributed by atoms with Crippen LogP contribution in [0.5, 0.6) is 5.75 Å². The molecule has 2 aromatic rings. The Hall–Kier alpha value is -1.64. The van der Waals surface area contributed by atoms with Crippen molar-refractivity contribution in [2.75, 3.05) is 7.11 Å². The molecule has 0 N–H and O–H groups in total. The van der Waals surface area contributed by atoms with Crippen LogP contribution in [0, 0.1) is 29.4 Å². The van der Waals surface area contributed by atoms with Crippen molar-refractivity contribution in [2.45, 2.75) is 89.9 Å². The number of hydrogen-bond donors (Lipinski definition) is 0. The van der Waals surface area contributed by atoms with Crippen LogP contribution in [0.1, 0.15) is 95.5 Å². The summed E-state index contributed by atoms with van der Waals surface area (Å²) in [5.74, 6) is 1.90. The Bertz CT molecular complexity index is 861. The van der Waals surface area contributed by atoms with Gasteiger partial charge in [0.25, 0.3) is 0 Å². The summed E-state index contributed by atoms with van der Waals surface area (Å²) in [6.45, 7) is 2.28. The first kappa shape index (κ1) is 22.6. The highest BCUT2D eigenvalue weighted by molar-refractivity contribution is 5.85. The summed E-state index contributed by atoms with van der Waals surface area (Å²) in [4.78, 5) is 0. The molecule has 2 aromatic carbocycles. The average molecular weight is 429 g/mol. The van der Waals surface area contributed by atoms with Gasteiger partial charge in [0.15, 0.2) is 11.6 Å². The van der Waals surface area contributed by atoms with Crippen molar-refractivity contribution in [1.82, 2.24) is 0 Å². The van der Waals surface area contributed by atoms with Gasteiger partial charge in [-0.3, -0.25) is 0 Å². The molecule has 0 heterocycles. The summed E-state index contributed by atoms with van der Waals surface area (Å²) in [5.41, 5.74) is 0.577. The van der Waals surface area contributed by atoms with E-state index in [9.17, 15) is 8.78 Å². The summed E-state index contributed by atoms with van der Waals surface area (Å²) in [6.07, 6.45) is 15.4. The molecule has 0 spiro atoms. The fraction of sp³-hybridized carbons (Fsp3) is 0.643. The predicted octanol–water partition coefficient (Wildman–Crippen LogP) is 8.79. The quantitative estimate of drug-likeness (QED) is 0.400. The summed E-state index contributed by atoms with van der Waals surface area (Å²) >= 11 is 0. The van der Waals surface area contributed by atoms with E-state index in [0.717, 1.165) is 48.8 Å². The first-order valence-corrected chi connectivity index (χ1v) is 12.6. The molecule has 0 aromatic heterocycles. The van der Waals surface area contributed by atoms with Gasteiger partial charge < -0.3 is 4.74 Å². The van der Waals surface area contributed by atoms with Gasteiger partial charge in [-0.05, 0) is 91.3 Å². The van der Waals surface area contributed by atoms with E-state index in [-0.39, 0.29) is 5.92 Å². The number of rotatable bonds is 7. The largest absolute Gasteiger partial charge is 0.497 e. The van der Waals surface area contributed by atoms with Gasteiger partial charge >= 0.3 is 0 Å². The molecule has 2 aliphatic carbocycles. The maximum absolute atomic E-state index is 15.0. The maximum atomic E-state index is 15.0. The third kappa shape index (κ3) is 5.07. The summed E-state index contributed by atoms with van der Waals surface area (Å²) in [7, 11) is 1.54. The van der Waals surface area contributed by atoms with Crippen LogP contribution in [-0.4, -0.2) is 7.11 Å². The molecule has 0 radical (unpaired) electrons. The van der Waals surface area contributed by atoms with Crippen molar-refractivity contribution >= 4 is 10.8 Å². The number of fused-ring (bicyclic) bond motifs is 1. The van der Waals surface area contributed by atoms with Crippen molar-refractivity contribution < 1.29 is 13.5 Å². The van der Waals surface area contributed by atoms with Crippen LogP contribution in [0.4, 0.5) is 8.78 Å². The van der Waals surface area contributed by atoms with E-state index in [1.54, 1.807) is 13.2 Å². The Balaban J connectivity index is 1.36. The monoisotopic (exact) mass is 428 g/mol. The van der Waals surface area contributed by atoms with Gasteiger partial charge in [-0.1, -0.05) is 51.5 Å². The lowest BCUT2D eigenvalue weighted by Crippen LogP contribution is -2.25. The fourth-order valence-corrected chi connectivity index (χ4v) is 6.28. The Labute approximate surface area is 186 Å². The lowest BCUT2D eigenvalue weighted by Gasteiger charge is -2.38. The maximum Gasteiger partial charge on any atom is 0.167 e. The minimum Gasteiger partial charge on any atom is -0.497 e. The second-order valence-corrected chi connectivity index (χ2v) is 10.1. The Morgan fingerprint density at radius 2 is 1.52 bits per heavy atom. The number of benzene rings is 2. The molecule has 3 heteroatoms. The highest BCUT2D eigenvalue weighted by Gasteiger charge is 2.32. The second kappa shape index (κ2) is 10.3. The van der Waals surface area contributed by atoms with E-state index < -0.39 is 11.6 Å². The molecule has 0 saturated heterocycles. The Morgan fingerprint density at radius 1 is 0.839 bits per heavy atom. The van der Waals surface area contributed by atoms with E-state index in [2.05, 4.69) is 6.92 Å². The van der Waals surface area contributed by atoms with Gasteiger partial charge in [0.1, 0.15) is 5.75 Å². The molecular weight excluding hydrogens is 390 g/mol. The minimum atomic E-state index is -0.727. The van der Waals surface area contributed by atoms with E-state index in [0.29, 0.717) is 16.7 Å². The number of halogens is 2. The van der Waals surface area contributed by atoms with E-state index in [4.69, 9.17) is 4.74 Å². The first-order valence-electron chi connectivity index (χ1n) is 12.6. The van der Waals surface area contributed by atoms with Crippen molar-refractivity contribution in [3.05, 3.63) is 41.5 Å². The van der Waals surface area contributed by atoms with Crippen LogP contribution < -0.4 is 4.74 Å². The van der Waals surface area contributed by atoms with Crippen LogP contribution in [0.25, 0.3) is 10.8 Å².